The van der Waals surface area contributed by atoms with E-state index in [-0.39, 0.29) is 0 Å². The van der Waals surface area contributed by atoms with Gasteiger partial charge in [-0.25, -0.2) is 9.97 Å². The number of pyridine rings is 1. The summed E-state index contributed by atoms with van der Waals surface area (Å²) < 4.78 is 0. The van der Waals surface area contributed by atoms with Crippen molar-refractivity contribution in [3.05, 3.63) is 47.7 Å². The molecule has 2 aromatic heterocycles. The first-order valence-electron chi connectivity index (χ1n) is 6.18. The molecule has 0 amide bonds. The molecule has 0 spiro atoms. The Kier molecular flexibility index (Phi) is 2.59. The zero-order valence-corrected chi connectivity index (χ0v) is 10.6. The first-order valence-corrected chi connectivity index (χ1v) is 6.18. The Morgan fingerprint density at radius 2 is 2.06 bits per heavy atom. The first kappa shape index (κ1) is 11.0. The van der Waals surface area contributed by atoms with Crippen LogP contribution in [0.4, 0.5) is 0 Å². The third-order valence-corrected chi connectivity index (χ3v) is 3.13. The van der Waals surface area contributed by atoms with Gasteiger partial charge in [0.25, 0.3) is 0 Å². The third kappa shape index (κ3) is 1.78. The van der Waals surface area contributed by atoms with Crippen LogP contribution in [0.2, 0.25) is 0 Å². The Morgan fingerprint density at radius 1 is 1.22 bits per heavy atom. The Labute approximate surface area is 106 Å². The summed E-state index contributed by atoms with van der Waals surface area (Å²) >= 11 is 0. The topological polar surface area (TPSA) is 41.6 Å². The lowest BCUT2D eigenvalue weighted by molar-refractivity contribution is 1.13. The molecule has 0 aliphatic carbocycles. The maximum atomic E-state index is 4.57. The van der Waals surface area contributed by atoms with E-state index in [1.54, 1.807) is 0 Å². The van der Waals surface area contributed by atoms with Gasteiger partial charge in [0.15, 0.2) is 5.65 Å². The molecule has 0 bridgehead atoms. The van der Waals surface area contributed by atoms with Crippen molar-refractivity contribution in [2.45, 2.75) is 20.3 Å². The fourth-order valence-electron chi connectivity index (χ4n) is 2.19. The number of aromatic nitrogens is 3. The molecule has 1 aromatic carbocycles. The van der Waals surface area contributed by atoms with E-state index in [0.29, 0.717) is 0 Å². The Bertz CT molecular complexity index is 698. The summed E-state index contributed by atoms with van der Waals surface area (Å²) in [7, 11) is 0. The van der Waals surface area contributed by atoms with Crippen molar-refractivity contribution >= 4 is 11.2 Å². The molecule has 2 heterocycles. The number of fused-ring (bicyclic) bond motifs is 1. The molecule has 90 valence electrons. The molecule has 18 heavy (non-hydrogen) atoms. The summed E-state index contributed by atoms with van der Waals surface area (Å²) in [5.74, 6) is 0.903. The predicted octanol–water partition coefficient (Wildman–Crippen LogP) is 3.50. The van der Waals surface area contributed by atoms with Crippen molar-refractivity contribution < 1.29 is 0 Å². The fourth-order valence-corrected chi connectivity index (χ4v) is 2.19. The van der Waals surface area contributed by atoms with Gasteiger partial charge < -0.3 is 4.98 Å². The molecule has 3 heteroatoms. The van der Waals surface area contributed by atoms with Crippen LogP contribution in [0.3, 0.4) is 0 Å². The molecule has 0 unspecified atom stereocenters. The molecule has 3 rings (SSSR count). The SMILES string of the molecule is CCc1ccccc1-c1nc2ncc(C)cc2[nH]1. The number of hydrogen-bond donors (Lipinski definition) is 1. The lowest BCUT2D eigenvalue weighted by Gasteiger charge is -2.03. The summed E-state index contributed by atoms with van der Waals surface area (Å²) in [4.78, 5) is 12.3. The van der Waals surface area contributed by atoms with Gasteiger partial charge in [-0.2, -0.15) is 0 Å². The van der Waals surface area contributed by atoms with Crippen LogP contribution in [-0.2, 0) is 6.42 Å². The molecule has 0 atom stereocenters. The molecule has 0 aliphatic rings. The number of benzene rings is 1. The second-order valence-electron chi connectivity index (χ2n) is 4.48. The van der Waals surface area contributed by atoms with E-state index in [4.69, 9.17) is 0 Å². The molecule has 0 saturated carbocycles. The molecule has 3 aromatic rings. The van der Waals surface area contributed by atoms with E-state index in [1.807, 2.05) is 19.2 Å². The van der Waals surface area contributed by atoms with Gasteiger partial charge in [-0.1, -0.05) is 31.2 Å². The third-order valence-electron chi connectivity index (χ3n) is 3.13. The van der Waals surface area contributed by atoms with Gasteiger partial charge in [-0.15, -0.1) is 0 Å². The second-order valence-corrected chi connectivity index (χ2v) is 4.48. The number of aryl methyl sites for hydroxylation is 2. The van der Waals surface area contributed by atoms with Crippen molar-refractivity contribution in [2.75, 3.05) is 0 Å². The summed E-state index contributed by atoms with van der Waals surface area (Å²) in [5, 5.41) is 0. The van der Waals surface area contributed by atoms with Gasteiger partial charge in [0.2, 0.25) is 0 Å². The van der Waals surface area contributed by atoms with Crippen LogP contribution in [0.15, 0.2) is 36.5 Å². The van der Waals surface area contributed by atoms with Crippen LogP contribution < -0.4 is 0 Å². The number of nitrogens with one attached hydrogen (secondary N) is 1. The number of rotatable bonds is 2. The minimum atomic E-state index is 0.779. The van der Waals surface area contributed by atoms with Crippen LogP contribution >= 0.6 is 0 Å². The van der Waals surface area contributed by atoms with Crippen LogP contribution in [0, 0.1) is 6.92 Å². The summed E-state index contributed by atoms with van der Waals surface area (Å²) in [6.07, 6.45) is 2.85. The molecule has 0 fully saturated rings. The van der Waals surface area contributed by atoms with E-state index in [0.717, 1.165) is 34.5 Å². The zero-order valence-electron chi connectivity index (χ0n) is 10.6. The smallest absolute Gasteiger partial charge is 0.178 e. The van der Waals surface area contributed by atoms with Crippen molar-refractivity contribution in [1.82, 2.24) is 15.0 Å². The Hall–Kier alpha value is -2.16. The maximum absolute atomic E-state index is 4.57. The lowest BCUT2D eigenvalue weighted by Crippen LogP contribution is -1.88. The maximum Gasteiger partial charge on any atom is 0.178 e. The van der Waals surface area contributed by atoms with E-state index in [2.05, 4.69) is 46.1 Å². The van der Waals surface area contributed by atoms with Gasteiger partial charge >= 0.3 is 0 Å². The van der Waals surface area contributed by atoms with Gasteiger partial charge in [0.05, 0.1) is 5.52 Å². The van der Waals surface area contributed by atoms with Crippen LogP contribution in [0.1, 0.15) is 18.1 Å². The molecule has 1 N–H and O–H groups in total. The van der Waals surface area contributed by atoms with E-state index in [1.165, 1.54) is 5.56 Å². The van der Waals surface area contributed by atoms with Crippen LogP contribution in [0.5, 0.6) is 0 Å². The summed E-state index contributed by atoms with van der Waals surface area (Å²) in [6, 6.07) is 10.4. The van der Waals surface area contributed by atoms with Crippen molar-refractivity contribution in [3.63, 3.8) is 0 Å². The van der Waals surface area contributed by atoms with Crippen molar-refractivity contribution in [3.8, 4) is 11.4 Å². The minimum Gasteiger partial charge on any atom is -0.337 e. The monoisotopic (exact) mass is 237 g/mol. The quantitative estimate of drug-likeness (QED) is 0.741. The highest BCUT2D eigenvalue weighted by atomic mass is 15.0. The Morgan fingerprint density at radius 3 is 2.89 bits per heavy atom. The standard InChI is InChI=1S/C15H15N3/c1-3-11-6-4-5-7-12(11)14-17-13-8-10(2)9-16-15(13)18-14/h4-9H,3H2,1-2H3,(H,16,17,18). The normalized spacial score (nSPS) is 11.0. The first-order chi connectivity index (χ1) is 8.78. The highest BCUT2D eigenvalue weighted by Gasteiger charge is 2.09. The van der Waals surface area contributed by atoms with Gasteiger partial charge in [0.1, 0.15) is 5.82 Å². The average Bonchev–Trinajstić information content (AvgIpc) is 2.81. The highest BCUT2D eigenvalue weighted by molar-refractivity contribution is 5.77. The van der Waals surface area contributed by atoms with Crippen LogP contribution in [-0.4, -0.2) is 15.0 Å². The van der Waals surface area contributed by atoms with E-state index >= 15 is 0 Å². The molecule has 3 nitrogen and oxygen atoms in total. The minimum absolute atomic E-state index is 0.779. The molecular formula is C15H15N3. The fraction of sp³-hybridized carbons (Fsp3) is 0.200. The number of hydrogen-bond acceptors (Lipinski definition) is 2. The van der Waals surface area contributed by atoms with E-state index < -0.39 is 0 Å². The van der Waals surface area contributed by atoms with Gasteiger partial charge in [0, 0.05) is 11.8 Å². The second kappa shape index (κ2) is 4.26. The number of aromatic amines is 1. The average molecular weight is 237 g/mol. The van der Waals surface area contributed by atoms with Crippen LogP contribution in [0.25, 0.3) is 22.6 Å². The Balaban J connectivity index is 2.19. The highest BCUT2D eigenvalue weighted by Crippen LogP contribution is 2.23. The zero-order chi connectivity index (χ0) is 12.5. The predicted molar refractivity (Wildman–Crippen MR) is 73.4 cm³/mol. The lowest BCUT2D eigenvalue weighted by atomic mass is 10.1. The molecule has 0 aliphatic heterocycles. The largest absolute Gasteiger partial charge is 0.337 e. The van der Waals surface area contributed by atoms with Crippen molar-refractivity contribution in [2.24, 2.45) is 0 Å². The number of imidazole rings is 1. The summed E-state index contributed by atoms with van der Waals surface area (Å²) in [5.41, 5.74) is 5.38. The molecular weight excluding hydrogens is 222 g/mol. The van der Waals surface area contributed by atoms with Gasteiger partial charge in [-0.3, -0.25) is 0 Å². The van der Waals surface area contributed by atoms with Crippen molar-refractivity contribution in [1.29, 1.82) is 0 Å². The molecule has 0 radical (unpaired) electrons. The number of H-pyrrole nitrogens is 1. The van der Waals surface area contributed by atoms with E-state index in [9.17, 15) is 0 Å². The molecule has 0 saturated heterocycles. The number of nitrogens with zero attached hydrogens (tertiary/aromatic N) is 2. The van der Waals surface area contributed by atoms with Gasteiger partial charge in [-0.05, 0) is 30.5 Å². The summed E-state index contributed by atoms with van der Waals surface area (Å²) in [6.45, 7) is 4.19.